The van der Waals surface area contributed by atoms with Crippen LogP contribution in [0.4, 0.5) is 17.8 Å². The van der Waals surface area contributed by atoms with Crippen LogP contribution >= 0.6 is 139 Å². The van der Waals surface area contributed by atoms with E-state index in [-0.39, 0.29) is 56.7 Å². The maximum atomic E-state index is 6.20. The fraction of sp³-hybridized carbons (Fsp3) is 0.800. The van der Waals surface area contributed by atoms with Crippen LogP contribution < -0.4 is 16.0 Å². The van der Waals surface area contributed by atoms with Crippen molar-refractivity contribution in [3.63, 3.8) is 0 Å². The summed E-state index contributed by atoms with van der Waals surface area (Å²) < 4.78 is -4.49. The number of rotatable bonds is 12. The first kappa shape index (κ1) is 32.9. The van der Waals surface area contributed by atoms with E-state index < -0.39 is 27.5 Å². The SMILES string of the molecule is ClC(CNc1nc(NCC(Cl)CC(Cl)(Cl)Cl)nc(NCC(Cl)CC(Cl)(Cl)Cl)n1)CC(Cl)(Cl)Cl. The molecule has 33 heavy (non-hydrogen) atoms. The second kappa shape index (κ2) is 14.7. The van der Waals surface area contributed by atoms with Gasteiger partial charge in [-0.3, -0.25) is 0 Å². The Labute approximate surface area is 252 Å². The van der Waals surface area contributed by atoms with Gasteiger partial charge in [0.25, 0.3) is 0 Å². The summed E-state index contributed by atoms with van der Waals surface area (Å²) in [5.74, 6) is 0.555. The monoisotopic (exact) mass is 702 g/mol. The van der Waals surface area contributed by atoms with Crippen molar-refractivity contribution < 1.29 is 0 Å². The van der Waals surface area contributed by atoms with Crippen LogP contribution in [-0.4, -0.2) is 62.1 Å². The van der Waals surface area contributed by atoms with Gasteiger partial charge >= 0.3 is 0 Å². The predicted octanol–water partition coefficient (Wildman–Crippen LogP) is 8.21. The topological polar surface area (TPSA) is 74.8 Å². The Morgan fingerprint density at radius 2 is 0.697 bits per heavy atom. The normalized spacial score (nSPS) is 15.6. The molecule has 0 radical (unpaired) electrons. The van der Waals surface area contributed by atoms with Crippen molar-refractivity contribution >= 4 is 157 Å². The number of hydrogen-bond donors (Lipinski definition) is 3. The molecule has 0 aromatic carbocycles. The van der Waals surface area contributed by atoms with Crippen LogP contribution in [0.25, 0.3) is 0 Å². The van der Waals surface area contributed by atoms with Crippen LogP contribution in [0.5, 0.6) is 0 Å². The highest BCUT2D eigenvalue weighted by Crippen LogP contribution is 2.34. The van der Waals surface area contributed by atoms with E-state index in [0.29, 0.717) is 0 Å². The van der Waals surface area contributed by atoms with E-state index in [9.17, 15) is 0 Å². The highest BCUT2D eigenvalue weighted by atomic mass is 35.6. The molecule has 0 amide bonds. The van der Waals surface area contributed by atoms with Crippen LogP contribution in [0.15, 0.2) is 0 Å². The number of hydrogen-bond acceptors (Lipinski definition) is 6. The van der Waals surface area contributed by atoms with Crippen molar-refractivity contribution in [1.29, 1.82) is 0 Å². The van der Waals surface area contributed by atoms with Gasteiger partial charge in [0.15, 0.2) is 11.4 Å². The lowest BCUT2D eigenvalue weighted by Gasteiger charge is -2.18. The van der Waals surface area contributed by atoms with Crippen molar-refractivity contribution in [2.24, 2.45) is 0 Å². The van der Waals surface area contributed by atoms with Gasteiger partial charge in [-0.25, -0.2) is 0 Å². The first-order valence-electron chi connectivity index (χ1n) is 9.02. The highest BCUT2D eigenvalue weighted by Gasteiger charge is 2.26. The van der Waals surface area contributed by atoms with Gasteiger partial charge < -0.3 is 16.0 Å². The zero-order valence-electron chi connectivity index (χ0n) is 16.4. The summed E-state index contributed by atoms with van der Waals surface area (Å²) in [6, 6.07) is 0. The van der Waals surface area contributed by atoms with Gasteiger partial charge in [-0.1, -0.05) is 104 Å². The number of nitrogens with zero attached hydrogens (tertiary/aromatic N) is 3. The van der Waals surface area contributed by atoms with Crippen molar-refractivity contribution in [2.45, 2.75) is 46.8 Å². The molecule has 0 aliphatic heterocycles. The number of aromatic nitrogens is 3. The van der Waals surface area contributed by atoms with Crippen LogP contribution in [0, 0.1) is 0 Å². The highest BCUT2D eigenvalue weighted by molar-refractivity contribution is 6.68. The van der Waals surface area contributed by atoms with E-state index in [4.69, 9.17) is 139 Å². The molecule has 192 valence electrons. The van der Waals surface area contributed by atoms with Crippen molar-refractivity contribution in [2.75, 3.05) is 35.6 Å². The Morgan fingerprint density at radius 1 is 0.485 bits per heavy atom. The van der Waals surface area contributed by atoms with Gasteiger partial charge in [-0.15, -0.1) is 34.8 Å². The van der Waals surface area contributed by atoms with Gasteiger partial charge in [-0.05, 0) is 0 Å². The van der Waals surface area contributed by atoms with Crippen molar-refractivity contribution in [3.05, 3.63) is 0 Å². The third-order valence-corrected chi connectivity index (χ3v) is 5.75. The fourth-order valence-electron chi connectivity index (χ4n) is 2.19. The van der Waals surface area contributed by atoms with Crippen LogP contribution in [0.1, 0.15) is 19.3 Å². The summed E-state index contributed by atoms with van der Waals surface area (Å²) >= 11 is 70.5. The molecule has 0 spiro atoms. The van der Waals surface area contributed by atoms with Crippen LogP contribution in [0.3, 0.4) is 0 Å². The third-order valence-electron chi connectivity index (χ3n) is 3.44. The maximum absolute atomic E-state index is 6.20. The molecule has 0 saturated heterocycles. The lowest BCUT2D eigenvalue weighted by Crippen LogP contribution is -2.24. The number of halogens is 12. The van der Waals surface area contributed by atoms with Crippen LogP contribution in [0.2, 0.25) is 0 Å². The number of anilines is 3. The molecule has 0 fully saturated rings. The van der Waals surface area contributed by atoms with Crippen molar-refractivity contribution in [3.8, 4) is 0 Å². The zero-order valence-corrected chi connectivity index (χ0v) is 25.4. The summed E-state index contributed by atoms with van der Waals surface area (Å²) in [5, 5.41) is 7.32. The molecule has 3 N–H and O–H groups in total. The number of alkyl halides is 12. The lowest BCUT2D eigenvalue weighted by atomic mass is 10.3. The van der Waals surface area contributed by atoms with Crippen LogP contribution in [-0.2, 0) is 0 Å². The van der Waals surface area contributed by atoms with Gasteiger partial charge in [0, 0.05) is 38.9 Å². The second-order valence-corrected chi connectivity index (χ2v) is 16.1. The standard InChI is InChI=1S/C15H18Cl12N6/c16-7(1-13(19,20)21)4-28-10-31-11(29-5-8(17)2-14(22,23)24)33-12(32-10)30-6-9(18)3-15(25,26)27/h7-9H,1-6H2,(H3,28,29,30,31,32,33). The zero-order chi connectivity index (χ0) is 25.4. The van der Waals surface area contributed by atoms with E-state index in [2.05, 4.69) is 30.9 Å². The Hall–Kier alpha value is 1.89. The van der Waals surface area contributed by atoms with E-state index in [0.717, 1.165) is 0 Å². The minimum atomic E-state index is -1.50. The molecule has 0 aliphatic carbocycles. The smallest absolute Gasteiger partial charge is 0.229 e. The Bertz CT molecular complexity index is 615. The third kappa shape index (κ3) is 17.9. The summed E-state index contributed by atoms with van der Waals surface area (Å²) in [5.41, 5.74) is 0. The van der Waals surface area contributed by atoms with Gasteiger partial charge in [-0.2, -0.15) is 15.0 Å². The predicted molar refractivity (Wildman–Crippen MR) is 149 cm³/mol. The van der Waals surface area contributed by atoms with Gasteiger partial charge in [0.1, 0.15) is 0 Å². The van der Waals surface area contributed by atoms with E-state index >= 15 is 0 Å². The molecule has 0 saturated carbocycles. The first-order valence-corrected chi connectivity index (χ1v) is 13.7. The molecular weight excluding hydrogens is 690 g/mol. The summed E-state index contributed by atoms with van der Waals surface area (Å²) in [6.45, 7) is 0.611. The Kier molecular flexibility index (Phi) is 14.7. The lowest BCUT2D eigenvalue weighted by molar-refractivity contribution is 0.775. The molecular formula is C15H18Cl12N6. The minimum Gasteiger partial charge on any atom is -0.353 e. The van der Waals surface area contributed by atoms with E-state index in [1.54, 1.807) is 0 Å². The summed E-state index contributed by atoms with van der Waals surface area (Å²) in [7, 11) is 0. The molecule has 1 rings (SSSR count). The molecule has 0 bridgehead atoms. The van der Waals surface area contributed by atoms with Gasteiger partial charge in [0.05, 0.1) is 16.1 Å². The van der Waals surface area contributed by atoms with E-state index in [1.165, 1.54) is 0 Å². The molecule has 1 aromatic heterocycles. The fourth-order valence-corrected chi connectivity index (χ4v) is 5.50. The summed E-state index contributed by atoms with van der Waals surface area (Å²) in [6.07, 6.45) is 0.302. The summed E-state index contributed by atoms with van der Waals surface area (Å²) in [4.78, 5) is 12.8. The molecule has 1 aromatic rings. The molecule has 1 heterocycles. The first-order chi connectivity index (χ1) is 14.9. The quantitative estimate of drug-likeness (QED) is 0.190. The Balaban J connectivity index is 2.88. The second-order valence-electron chi connectivity index (χ2n) is 6.70. The van der Waals surface area contributed by atoms with E-state index in [1.807, 2.05) is 0 Å². The largest absolute Gasteiger partial charge is 0.353 e. The average Bonchev–Trinajstić information content (AvgIpc) is 2.59. The molecule has 18 heteroatoms. The molecule has 0 aliphatic rings. The molecule has 6 nitrogen and oxygen atoms in total. The molecule has 3 atom stereocenters. The van der Waals surface area contributed by atoms with Crippen molar-refractivity contribution in [1.82, 2.24) is 15.0 Å². The number of nitrogens with one attached hydrogen (secondary N) is 3. The molecule has 3 unspecified atom stereocenters. The Morgan fingerprint density at radius 3 is 0.879 bits per heavy atom. The maximum Gasteiger partial charge on any atom is 0.229 e. The van der Waals surface area contributed by atoms with Gasteiger partial charge in [0.2, 0.25) is 17.8 Å². The minimum absolute atomic E-state index is 0.101. The average molecular weight is 708 g/mol.